The summed E-state index contributed by atoms with van der Waals surface area (Å²) >= 11 is 0. The number of benzene rings is 3. The summed E-state index contributed by atoms with van der Waals surface area (Å²) in [5, 5.41) is -1.72. The molecule has 0 radical (unpaired) electrons. The molecule has 0 saturated carbocycles. The van der Waals surface area contributed by atoms with Crippen LogP contribution in [0.1, 0.15) is 76.2 Å². The van der Waals surface area contributed by atoms with E-state index in [-0.39, 0.29) is 11.7 Å². The van der Waals surface area contributed by atoms with Gasteiger partial charge in [0.15, 0.2) is 52.4 Å². The van der Waals surface area contributed by atoms with Crippen molar-refractivity contribution in [2.45, 2.75) is 97.9 Å². The zero-order valence-corrected chi connectivity index (χ0v) is 31.5. The molecule has 0 spiro atoms. The Morgan fingerprint density at radius 2 is 0.547 bits per heavy atom. The smallest absolute Gasteiger partial charge is 0.200 e. The SMILES string of the molecule is C/C(C[B-](c1c(F)c(F)c(F)c(F)c1F)(c1c(F)c(F)c(F)c(F)c1F)c1c(F)c(F)c(F)c(F)c1F)=C(\C)C[P+](C(C)(C)C)(C(C)(C)C)C(C)(C)C. The van der Waals surface area contributed by atoms with Crippen LogP contribution in [0.25, 0.3) is 0 Å². The van der Waals surface area contributed by atoms with Gasteiger partial charge in [0.25, 0.3) is 0 Å². The lowest BCUT2D eigenvalue weighted by molar-refractivity contribution is 0.379. The highest BCUT2D eigenvalue weighted by Crippen LogP contribution is 2.83. The van der Waals surface area contributed by atoms with E-state index in [1.54, 1.807) is 0 Å². The Balaban J connectivity index is 2.87. The Labute approximate surface area is 298 Å². The molecule has 0 unspecified atom stereocenters. The molecule has 3 aromatic rings. The summed E-state index contributed by atoms with van der Waals surface area (Å²) in [6.45, 7) is 19.4. The van der Waals surface area contributed by atoms with Gasteiger partial charge in [-0.05, 0) is 81.7 Å². The molecule has 3 rings (SSSR count). The van der Waals surface area contributed by atoms with Gasteiger partial charge in [-0.25, -0.2) is 65.9 Å². The number of hydrogen-bond acceptors (Lipinski definition) is 0. The topological polar surface area (TPSA) is 0 Å². The maximum atomic E-state index is 16.0. The van der Waals surface area contributed by atoms with Crippen LogP contribution in [0.15, 0.2) is 11.1 Å². The molecule has 0 fully saturated rings. The fourth-order valence-corrected chi connectivity index (χ4v) is 17.2. The number of halogens is 15. The van der Waals surface area contributed by atoms with Gasteiger partial charge >= 0.3 is 0 Å². The Morgan fingerprint density at radius 1 is 0.358 bits per heavy atom. The minimum atomic E-state index is -5.68. The molecule has 0 N–H and O–H groups in total. The first-order chi connectivity index (χ1) is 23.8. The molecule has 17 heteroatoms. The van der Waals surface area contributed by atoms with Crippen LogP contribution in [0.4, 0.5) is 65.9 Å². The van der Waals surface area contributed by atoms with Gasteiger partial charge in [0.2, 0.25) is 0 Å². The fraction of sp³-hybridized carbons (Fsp3) is 0.444. The fourth-order valence-electron chi connectivity index (χ4n) is 8.76. The third-order valence-corrected chi connectivity index (χ3v) is 18.3. The lowest BCUT2D eigenvalue weighted by Crippen LogP contribution is -2.73. The van der Waals surface area contributed by atoms with Crippen molar-refractivity contribution in [2.75, 3.05) is 6.16 Å². The van der Waals surface area contributed by atoms with Gasteiger partial charge in [0.05, 0.1) is 21.6 Å². The monoisotopic (exact) mass is 796 g/mol. The molecule has 3 aromatic carbocycles. The molecule has 0 aliphatic rings. The average Bonchev–Trinajstić information content (AvgIpc) is 3.03. The van der Waals surface area contributed by atoms with E-state index in [4.69, 9.17) is 0 Å². The first-order valence-electron chi connectivity index (χ1n) is 16.1. The highest BCUT2D eigenvalue weighted by atomic mass is 31.2. The van der Waals surface area contributed by atoms with Crippen LogP contribution in [0.2, 0.25) is 6.32 Å². The molecular weight excluding hydrogens is 759 g/mol. The van der Waals surface area contributed by atoms with Crippen LogP contribution < -0.4 is 16.4 Å². The third kappa shape index (κ3) is 6.56. The predicted molar refractivity (Wildman–Crippen MR) is 178 cm³/mol. The molecule has 53 heavy (non-hydrogen) atoms. The summed E-state index contributed by atoms with van der Waals surface area (Å²) in [6, 6.07) is 0. The molecule has 0 saturated heterocycles. The van der Waals surface area contributed by atoms with Crippen LogP contribution in [0, 0.1) is 87.3 Å². The summed E-state index contributed by atoms with van der Waals surface area (Å²) < 4.78 is 229. The molecule has 0 amide bonds. The van der Waals surface area contributed by atoms with E-state index in [2.05, 4.69) is 0 Å². The lowest BCUT2D eigenvalue weighted by atomic mass is 9.13. The van der Waals surface area contributed by atoms with Crippen molar-refractivity contribution in [3.05, 3.63) is 98.4 Å². The minimum absolute atomic E-state index is 0.00675. The van der Waals surface area contributed by atoms with Crippen molar-refractivity contribution in [1.29, 1.82) is 0 Å². The van der Waals surface area contributed by atoms with Gasteiger partial charge in [-0.1, -0.05) is 0 Å². The quantitative estimate of drug-likeness (QED) is 0.0558. The Bertz CT molecular complexity index is 1730. The molecule has 0 aliphatic carbocycles. The summed E-state index contributed by atoms with van der Waals surface area (Å²) in [5.74, 6) is -44.9. The normalized spacial score (nSPS) is 13.9. The zero-order valence-electron chi connectivity index (χ0n) is 30.6. The maximum absolute atomic E-state index is 16.0. The van der Waals surface area contributed by atoms with Crippen molar-refractivity contribution in [3.8, 4) is 0 Å². The van der Waals surface area contributed by atoms with Crippen molar-refractivity contribution in [1.82, 2.24) is 0 Å². The van der Waals surface area contributed by atoms with Crippen LogP contribution in [-0.2, 0) is 0 Å². The third-order valence-electron chi connectivity index (χ3n) is 10.5. The van der Waals surface area contributed by atoms with E-state index in [0.717, 1.165) is 6.92 Å². The predicted octanol–water partition coefficient (Wildman–Crippen LogP) is 11.0. The van der Waals surface area contributed by atoms with E-state index in [0.29, 0.717) is 0 Å². The highest BCUT2D eigenvalue weighted by Gasteiger charge is 2.64. The summed E-state index contributed by atoms with van der Waals surface area (Å²) in [5.41, 5.74) is -8.11. The minimum Gasteiger partial charge on any atom is -0.207 e. The number of rotatable bonds is 7. The summed E-state index contributed by atoms with van der Waals surface area (Å²) in [7, 11) is -2.57. The van der Waals surface area contributed by atoms with Crippen LogP contribution in [-0.4, -0.2) is 27.8 Å². The second-order valence-electron chi connectivity index (χ2n) is 16.2. The van der Waals surface area contributed by atoms with E-state index in [9.17, 15) is 13.2 Å². The van der Waals surface area contributed by atoms with E-state index in [1.165, 1.54) is 6.92 Å². The standard InChI is InChI=1S/C36H37BF15P/c1-14(15(2)13-53(34(3,4)5,35(6,7)8)36(9,10)11)12-37(16-19(38)25(44)31(50)26(45)20(16)39,17-21(40)27(46)32(51)28(47)22(17)41)18-23(42)29(48)33(52)30(49)24(18)43/h12-13H2,1-11H3/b15-14-. The largest absolute Gasteiger partial charge is 0.207 e. The van der Waals surface area contributed by atoms with Gasteiger partial charge in [-0.3, -0.25) is 0 Å². The maximum Gasteiger partial charge on any atom is 0.200 e. The Hall–Kier alpha value is -3.16. The van der Waals surface area contributed by atoms with Gasteiger partial charge in [0, 0.05) is 7.26 Å². The molecular formula is C36H37BF15P. The van der Waals surface area contributed by atoms with Crippen molar-refractivity contribution < 1.29 is 65.9 Å². The second-order valence-corrected chi connectivity index (χ2v) is 22.2. The number of hydrogen-bond donors (Lipinski definition) is 0. The summed E-state index contributed by atoms with van der Waals surface area (Å²) in [6.07, 6.45) is -7.45. The zero-order chi connectivity index (χ0) is 41.5. The molecule has 294 valence electrons. The molecule has 0 atom stereocenters. The van der Waals surface area contributed by atoms with Crippen molar-refractivity contribution in [3.63, 3.8) is 0 Å². The van der Waals surface area contributed by atoms with Crippen molar-refractivity contribution in [2.24, 2.45) is 0 Å². The van der Waals surface area contributed by atoms with E-state index in [1.807, 2.05) is 62.3 Å². The molecule has 0 aliphatic heterocycles. The number of allylic oxidation sites excluding steroid dienone is 2. The first kappa shape index (κ1) is 44.2. The lowest BCUT2D eigenvalue weighted by Gasteiger charge is -2.55. The van der Waals surface area contributed by atoms with Crippen molar-refractivity contribution >= 4 is 29.8 Å². The Kier molecular flexibility index (Phi) is 11.8. The van der Waals surface area contributed by atoms with Gasteiger partial charge in [-0.2, -0.15) is 0 Å². The molecule has 0 heterocycles. The first-order valence-corrected chi connectivity index (χ1v) is 18.0. The van der Waals surface area contributed by atoms with Crippen LogP contribution >= 0.6 is 7.26 Å². The molecule has 0 bridgehead atoms. The van der Waals surface area contributed by atoms with Crippen LogP contribution in [0.3, 0.4) is 0 Å². The van der Waals surface area contributed by atoms with Gasteiger partial charge in [-0.15, -0.1) is 28.3 Å². The summed E-state index contributed by atoms with van der Waals surface area (Å²) in [4.78, 5) is 0. The molecule has 0 aromatic heterocycles. The van der Waals surface area contributed by atoms with Gasteiger partial charge < -0.3 is 0 Å². The van der Waals surface area contributed by atoms with E-state index < -0.39 is 144 Å². The van der Waals surface area contributed by atoms with Gasteiger partial charge in [0.1, 0.15) is 41.0 Å². The van der Waals surface area contributed by atoms with E-state index >= 15 is 52.7 Å². The molecule has 0 nitrogen and oxygen atoms in total. The Morgan fingerprint density at radius 3 is 0.736 bits per heavy atom. The van der Waals surface area contributed by atoms with Crippen LogP contribution in [0.5, 0.6) is 0 Å². The highest BCUT2D eigenvalue weighted by molar-refractivity contribution is 7.80. The second kappa shape index (κ2) is 14.2. The average molecular weight is 796 g/mol.